The molecule has 1 amide bonds. The summed E-state index contributed by atoms with van der Waals surface area (Å²) in [7, 11) is 1.53. The third-order valence-corrected chi connectivity index (χ3v) is 4.88. The number of hydrogen-bond acceptors (Lipinski definition) is 7. The van der Waals surface area contributed by atoms with Gasteiger partial charge in [0, 0.05) is 0 Å². The maximum Gasteiger partial charge on any atom is 0.283 e. The van der Waals surface area contributed by atoms with E-state index in [9.17, 15) is 9.18 Å². The van der Waals surface area contributed by atoms with Crippen LogP contribution in [0, 0.1) is 12.7 Å². The molecule has 3 N–H and O–H groups in total. The van der Waals surface area contributed by atoms with E-state index in [1.165, 1.54) is 25.5 Å². The lowest BCUT2D eigenvalue weighted by atomic mass is 10.2. The number of nitrogens with one attached hydrogen (secondary N) is 1. The topological polar surface area (TPSA) is 98.8 Å². The molecule has 9 heteroatoms. The average Bonchev–Trinajstić information content (AvgIpc) is 3.06. The van der Waals surface area contributed by atoms with Crippen LogP contribution in [-0.4, -0.2) is 24.2 Å². The summed E-state index contributed by atoms with van der Waals surface area (Å²) in [4.78, 5) is 16.5. The van der Waals surface area contributed by atoms with Crippen LogP contribution >= 0.6 is 11.3 Å². The fourth-order valence-electron chi connectivity index (χ4n) is 2.47. The molecule has 0 spiro atoms. The number of aryl methyl sites for hydroxylation is 1. The zero-order valence-electron chi connectivity index (χ0n) is 15.8. The fourth-order valence-corrected chi connectivity index (χ4v) is 3.19. The highest BCUT2D eigenvalue weighted by molar-refractivity contribution is 7.17. The van der Waals surface area contributed by atoms with Crippen LogP contribution in [0.1, 0.15) is 26.5 Å². The van der Waals surface area contributed by atoms with Crippen LogP contribution in [0.5, 0.6) is 11.5 Å². The zero-order valence-corrected chi connectivity index (χ0v) is 16.6. The van der Waals surface area contributed by atoms with E-state index in [-0.39, 0.29) is 18.3 Å². The minimum atomic E-state index is -0.376. The number of thiazole rings is 1. The summed E-state index contributed by atoms with van der Waals surface area (Å²) < 4.78 is 24.1. The highest BCUT2D eigenvalue weighted by Crippen LogP contribution is 2.28. The summed E-state index contributed by atoms with van der Waals surface area (Å²) in [5, 5.41) is 4.29. The van der Waals surface area contributed by atoms with Crippen molar-refractivity contribution in [3.8, 4) is 11.5 Å². The molecule has 0 aliphatic heterocycles. The van der Waals surface area contributed by atoms with Crippen LogP contribution < -0.4 is 20.6 Å². The lowest BCUT2D eigenvalue weighted by Gasteiger charge is -2.11. The quantitative estimate of drug-likeness (QED) is 0.455. The molecule has 1 aromatic heterocycles. The molecule has 0 unspecified atom stereocenters. The van der Waals surface area contributed by atoms with Crippen molar-refractivity contribution in [1.82, 2.24) is 10.4 Å². The summed E-state index contributed by atoms with van der Waals surface area (Å²) in [6.45, 7) is 1.98. The third-order valence-electron chi connectivity index (χ3n) is 3.89. The molecule has 3 rings (SSSR count). The summed E-state index contributed by atoms with van der Waals surface area (Å²) in [5.74, 6) is 0.373. The van der Waals surface area contributed by atoms with Gasteiger partial charge in [-0.05, 0) is 48.4 Å². The number of methoxy groups -OCH3 is 1. The Morgan fingerprint density at radius 3 is 2.69 bits per heavy atom. The number of nitrogens with zero attached hydrogens (tertiary/aromatic N) is 2. The fraction of sp³-hybridized carbons (Fsp3) is 0.150. The van der Waals surface area contributed by atoms with Crippen LogP contribution in [0.2, 0.25) is 0 Å². The van der Waals surface area contributed by atoms with Crippen LogP contribution in [0.4, 0.5) is 9.52 Å². The van der Waals surface area contributed by atoms with Crippen molar-refractivity contribution in [3.05, 3.63) is 70.0 Å². The maximum absolute atomic E-state index is 13.0. The van der Waals surface area contributed by atoms with Crippen molar-refractivity contribution in [3.63, 3.8) is 0 Å². The molecule has 0 saturated carbocycles. The van der Waals surface area contributed by atoms with Crippen LogP contribution in [0.15, 0.2) is 47.6 Å². The van der Waals surface area contributed by atoms with Gasteiger partial charge in [0.2, 0.25) is 0 Å². The minimum absolute atomic E-state index is 0.275. The number of halogens is 1. The Bertz CT molecular complexity index is 1030. The van der Waals surface area contributed by atoms with Gasteiger partial charge in [-0.1, -0.05) is 23.5 Å². The Hall–Kier alpha value is -3.46. The molecule has 29 heavy (non-hydrogen) atoms. The number of carbonyl (C=O) groups excluding carboxylic acids is 1. The lowest BCUT2D eigenvalue weighted by Crippen LogP contribution is -2.17. The van der Waals surface area contributed by atoms with Gasteiger partial charge in [-0.3, -0.25) is 4.79 Å². The summed E-state index contributed by atoms with van der Waals surface area (Å²) in [6.07, 6.45) is 1.49. The number of hydrazone groups is 1. The van der Waals surface area contributed by atoms with Gasteiger partial charge >= 0.3 is 0 Å². The minimum Gasteiger partial charge on any atom is -0.493 e. The standard InChI is InChI=1S/C20H19FN4O3S/c1-12-18(29-20(22)24-12)19(26)25-23-10-14-5-8-16(17(9-14)27-2)28-11-13-3-6-15(21)7-4-13/h3-10H,11H2,1-2H3,(H2,22,24)(H,25,26). The van der Waals surface area contributed by atoms with Crippen molar-refractivity contribution >= 4 is 28.6 Å². The number of rotatable bonds is 7. The maximum atomic E-state index is 13.0. The van der Waals surface area contributed by atoms with Gasteiger partial charge in [-0.15, -0.1) is 0 Å². The molecular weight excluding hydrogens is 395 g/mol. The highest BCUT2D eigenvalue weighted by Gasteiger charge is 2.13. The molecule has 0 aliphatic rings. The number of hydrogen-bond donors (Lipinski definition) is 2. The van der Waals surface area contributed by atoms with E-state index >= 15 is 0 Å². The number of benzene rings is 2. The molecule has 2 aromatic carbocycles. The Morgan fingerprint density at radius 1 is 1.28 bits per heavy atom. The molecule has 0 aliphatic carbocycles. The molecule has 0 radical (unpaired) electrons. The largest absolute Gasteiger partial charge is 0.493 e. The number of aromatic nitrogens is 1. The van der Waals surface area contributed by atoms with Crippen molar-refractivity contribution in [2.75, 3.05) is 12.8 Å². The molecule has 0 atom stereocenters. The van der Waals surface area contributed by atoms with Gasteiger partial charge in [0.15, 0.2) is 16.6 Å². The van der Waals surface area contributed by atoms with Crippen molar-refractivity contribution < 1.29 is 18.7 Å². The number of anilines is 1. The van der Waals surface area contributed by atoms with Gasteiger partial charge in [-0.2, -0.15) is 5.10 Å². The van der Waals surface area contributed by atoms with E-state index in [4.69, 9.17) is 15.2 Å². The first kappa shape index (κ1) is 20.3. The summed E-state index contributed by atoms with van der Waals surface area (Å²) in [6, 6.07) is 11.3. The van der Waals surface area contributed by atoms with E-state index in [1.54, 1.807) is 37.3 Å². The molecule has 0 fully saturated rings. The van der Waals surface area contributed by atoms with Crippen LogP contribution in [0.25, 0.3) is 0 Å². The SMILES string of the molecule is COc1cc(C=NNC(=O)c2sc(N)nc2C)ccc1OCc1ccc(F)cc1. The Labute approximate surface area is 171 Å². The summed E-state index contributed by atoms with van der Waals surface area (Å²) in [5.41, 5.74) is 10.1. The van der Waals surface area contributed by atoms with Gasteiger partial charge in [0.1, 0.15) is 17.3 Å². The van der Waals surface area contributed by atoms with E-state index in [0.717, 1.165) is 16.9 Å². The second-order valence-electron chi connectivity index (χ2n) is 5.99. The number of amides is 1. The first-order chi connectivity index (χ1) is 14.0. The number of carbonyl (C=O) groups is 1. The molecular formula is C20H19FN4O3S. The first-order valence-corrected chi connectivity index (χ1v) is 9.39. The average molecular weight is 414 g/mol. The van der Waals surface area contributed by atoms with Gasteiger partial charge in [-0.25, -0.2) is 14.8 Å². The van der Waals surface area contributed by atoms with Crippen molar-refractivity contribution in [1.29, 1.82) is 0 Å². The monoisotopic (exact) mass is 414 g/mol. The number of ether oxygens (including phenoxy) is 2. The normalized spacial score (nSPS) is 10.9. The molecule has 0 saturated heterocycles. The zero-order chi connectivity index (χ0) is 20.8. The lowest BCUT2D eigenvalue weighted by molar-refractivity contribution is 0.0958. The first-order valence-electron chi connectivity index (χ1n) is 8.58. The highest BCUT2D eigenvalue weighted by atomic mass is 32.1. The molecule has 0 bridgehead atoms. The predicted molar refractivity (Wildman–Crippen MR) is 110 cm³/mol. The van der Waals surface area contributed by atoms with Gasteiger partial charge in [0.05, 0.1) is 19.0 Å². The molecule has 7 nitrogen and oxygen atoms in total. The van der Waals surface area contributed by atoms with E-state index in [1.807, 2.05) is 0 Å². The van der Waals surface area contributed by atoms with Crippen LogP contribution in [0.3, 0.4) is 0 Å². The van der Waals surface area contributed by atoms with Crippen LogP contribution in [-0.2, 0) is 6.61 Å². The predicted octanol–water partition coefficient (Wildman–Crippen LogP) is 3.52. The van der Waals surface area contributed by atoms with E-state index in [2.05, 4.69) is 15.5 Å². The van der Waals surface area contributed by atoms with Gasteiger partial charge < -0.3 is 15.2 Å². The second kappa shape index (κ2) is 9.16. The Kier molecular flexibility index (Phi) is 6.40. The van der Waals surface area contributed by atoms with Crippen molar-refractivity contribution in [2.24, 2.45) is 5.10 Å². The van der Waals surface area contributed by atoms with E-state index in [0.29, 0.717) is 32.8 Å². The molecule has 3 aromatic rings. The Morgan fingerprint density at radius 2 is 2.03 bits per heavy atom. The summed E-state index contributed by atoms with van der Waals surface area (Å²) >= 11 is 1.10. The molecule has 1 heterocycles. The van der Waals surface area contributed by atoms with Gasteiger partial charge in [0.25, 0.3) is 5.91 Å². The molecule has 150 valence electrons. The second-order valence-corrected chi connectivity index (χ2v) is 7.02. The third kappa shape index (κ3) is 5.29. The van der Waals surface area contributed by atoms with Crippen molar-refractivity contribution in [2.45, 2.75) is 13.5 Å². The smallest absolute Gasteiger partial charge is 0.283 e. The van der Waals surface area contributed by atoms with E-state index < -0.39 is 0 Å². The Balaban J connectivity index is 1.63. The number of nitrogen functional groups attached to an aromatic ring is 1. The number of nitrogens with two attached hydrogens (primary N) is 1.